The van der Waals surface area contributed by atoms with Gasteiger partial charge in [0, 0.05) is 28.5 Å². The van der Waals surface area contributed by atoms with Gasteiger partial charge >= 0.3 is 0 Å². The number of amides is 2. The summed E-state index contributed by atoms with van der Waals surface area (Å²) in [5.74, 6) is -2.57. The molecule has 2 N–H and O–H groups in total. The van der Waals surface area contributed by atoms with Crippen molar-refractivity contribution < 1.29 is 18.8 Å². The van der Waals surface area contributed by atoms with Crippen LogP contribution in [0, 0.1) is 11.7 Å². The van der Waals surface area contributed by atoms with Crippen LogP contribution in [0.4, 0.5) is 15.8 Å². The van der Waals surface area contributed by atoms with Gasteiger partial charge < -0.3 is 10.6 Å². The number of halogens is 2. The second-order valence-corrected chi connectivity index (χ2v) is 10.3. The number of benzene rings is 3. The third kappa shape index (κ3) is 2.33. The number of carbonyl (C=O) groups is 3. The quantitative estimate of drug-likeness (QED) is 0.507. The van der Waals surface area contributed by atoms with E-state index in [1.165, 1.54) is 18.2 Å². The second kappa shape index (κ2) is 7.24. The number of rotatable bonds is 2. The molecule has 3 aromatic rings. The maximum atomic E-state index is 14.8. The minimum absolute atomic E-state index is 0.289. The Bertz CT molecular complexity index is 1510. The lowest BCUT2D eigenvalue weighted by Crippen LogP contribution is -2.62. The number of fused-ring (bicyclic) bond motifs is 7. The Balaban J connectivity index is 1.61. The minimum Gasteiger partial charge on any atom is -0.325 e. The molecule has 0 radical (unpaired) electrons. The van der Waals surface area contributed by atoms with Crippen LogP contribution in [-0.2, 0) is 20.5 Å². The Hall–Kier alpha value is -3.55. The first-order valence-electron chi connectivity index (χ1n) is 12.0. The van der Waals surface area contributed by atoms with Crippen LogP contribution in [-0.4, -0.2) is 35.1 Å². The molecule has 2 amide bonds. The van der Waals surface area contributed by atoms with Crippen LogP contribution in [0.1, 0.15) is 34.3 Å². The van der Waals surface area contributed by atoms with Crippen molar-refractivity contribution in [2.24, 2.45) is 5.92 Å². The number of nitrogens with zero attached hydrogens (tertiary/aromatic N) is 1. The summed E-state index contributed by atoms with van der Waals surface area (Å²) in [5, 5.41) is 6.17. The zero-order valence-corrected chi connectivity index (χ0v) is 19.8. The van der Waals surface area contributed by atoms with Crippen molar-refractivity contribution in [3.8, 4) is 0 Å². The summed E-state index contributed by atoms with van der Waals surface area (Å²) in [6.45, 7) is 0.498. The van der Waals surface area contributed by atoms with Crippen molar-refractivity contribution in [1.29, 1.82) is 0 Å². The Labute approximate surface area is 211 Å². The smallest absolute Gasteiger partial charge is 0.251 e. The van der Waals surface area contributed by atoms with Crippen molar-refractivity contribution in [2.45, 2.75) is 29.8 Å². The maximum absolute atomic E-state index is 14.8. The number of ketones is 1. The standard InChI is InChI=1S/C28H21ClFN3O3/c29-19-8-3-1-6-16(19)24(34)23-22-10-5-13-33(22)28(18-14-15(30)11-12-21(18)32-26(28)36)27(23)17-7-2-4-9-20(17)31-25(27)35/h1-4,6-9,11-12,14,22-23H,5,10,13H2,(H,31,35)(H,32,36)/t22-,23-,27+,28+/m1/s1. The van der Waals surface area contributed by atoms with E-state index in [0.29, 0.717) is 41.0 Å². The molecule has 4 atom stereocenters. The van der Waals surface area contributed by atoms with Crippen LogP contribution >= 0.6 is 11.6 Å². The van der Waals surface area contributed by atoms with Crippen LogP contribution in [0.3, 0.4) is 0 Å². The fraction of sp³-hybridized carbons (Fsp3) is 0.250. The predicted molar refractivity (Wildman–Crippen MR) is 132 cm³/mol. The minimum atomic E-state index is -1.62. The van der Waals surface area contributed by atoms with Crippen molar-refractivity contribution in [2.75, 3.05) is 17.2 Å². The van der Waals surface area contributed by atoms with Crippen molar-refractivity contribution in [3.05, 3.63) is 94.3 Å². The molecule has 2 spiro atoms. The van der Waals surface area contributed by atoms with E-state index in [1.807, 2.05) is 4.90 Å². The van der Waals surface area contributed by atoms with E-state index in [4.69, 9.17) is 11.6 Å². The average Bonchev–Trinajstić information content (AvgIpc) is 3.58. The largest absolute Gasteiger partial charge is 0.325 e. The molecule has 180 valence electrons. The molecule has 6 nitrogen and oxygen atoms in total. The first-order chi connectivity index (χ1) is 17.4. The van der Waals surface area contributed by atoms with Crippen molar-refractivity contribution >= 4 is 40.6 Å². The van der Waals surface area contributed by atoms with E-state index in [9.17, 15) is 18.8 Å². The summed E-state index contributed by atoms with van der Waals surface area (Å²) in [6.07, 6.45) is 1.37. The lowest BCUT2D eigenvalue weighted by atomic mass is 9.57. The SMILES string of the molecule is O=C(c1ccccc1Cl)[C@H]1[C@H]2CCCN2[C@@]2(C(=O)Nc3ccc(F)cc32)[C@]12C(=O)Nc1ccccc12. The van der Waals surface area contributed by atoms with Crippen LogP contribution in [0.5, 0.6) is 0 Å². The van der Waals surface area contributed by atoms with Crippen LogP contribution in [0.15, 0.2) is 66.7 Å². The molecular weight excluding hydrogens is 481 g/mol. The van der Waals surface area contributed by atoms with E-state index in [0.717, 1.165) is 6.42 Å². The van der Waals surface area contributed by atoms with Gasteiger partial charge in [0.15, 0.2) is 5.78 Å². The predicted octanol–water partition coefficient (Wildman–Crippen LogP) is 4.49. The highest BCUT2D eigenvalue weighted by molar-refractivity contribution is 6.34. The summed E-state index contributed by atoms with van der Waals surface area (Å²) < 4.78 is 14.8. The molecule has 4 aliphatic rings. The highest BCUT2D eigenvalue weighted by Gasteiger charge is 2.81. The number of hydrogen-bond acceptors (Lipinski definition) is 4. The highest BCUT2D eigenvalue weighted by Crippen LogP contribution is 2.67. The molecular formula is C28H21ClFN3O3. The van der Waals surface area contributed by atoms with Crippen molar-refractivity contribution in [1.82, 2.24) is 4.90 Å². The van der Waals surface area contributed by atoms with Gasteiger partial charge in [-0.1, -0.05) is 41.9 Å². The normalized spacial score (nSPS) is 29.8. The molecule has 4 heterocycles. The zero-order valence-electron chi connectivity index (χ0n) is 19.1. The zero-order chi connectivity index (χ0) is 24.8. The van der Waals surface area contributed by atoms with Gasteiger partial charge in [-0.15, -0.1) is 0 Å². The topological polar surface area (TPSA) is 78.5 Å². The Kier molecular flexibility index (Phi) is 4.37. The third-order valence-corrected chi connectivity index (χ3v) is 8.81. The maximum Gasteiger partial charge on any atom is 0.251 e. The summed E-state index contributed by atoms with van der Waals surface area (Å²) in [5.41, 5.74) is -0.935. The fourth-order valence-electron chi connectivity index (χ4n) is 7.38. The third-order valence-electron chi connectivity index (χ3n) is 8.48. The first-order valence-corrected chi connectivity index (χ1v) is 12.4. The Morgan fingerprint density at radius 3 is 2.50 bits per heavy atom. The van der Waals surface area contributed by atoms with Gasteiger partial charge in [0.1, 0.15) is 16.8 Å². The Morgan fingerprint density at radius 1 is 0.944 bits per heavy atom. The molecule has 4 aliphatic heterocycles. The lowest BCUT2D eigenvalue weighted by molar-refractivity contribution is -0.137. The summed E-state index contributed by atoms with van der Waals surface area (Å²) >= 11 is 6.49. The van der Waals surface area contributed by atoms with E-state index >= 15 is 0 Å². The van der Waals surface area contributed by atoms with Crippen molar-refractivity contribution in [3.63, 3.8) is 0 Å². The number of carbonyl (C=O) groups excluding carboxylic acids is 3. The van der Waals surface area contributed by atoms with Crippen LogP contribution in [0.25, 0.3) is 0 Å². The molecule has 8 heteroatoms. The van der Waals surface area contributed by atoms with Gasteiger partial charge in [0.25, 0.3) is 5.91 Å². The van der Waals surface area contributed by atoms with Crippen LogP contribution < -0.4 is 10.6 Å². The van der Waals surface area contributed by atoms with E-state index in [2.05, 4.69) is 10.6 Å². The molecule has 0 aromatic heterocycles. The molecule has 0 saturated carbocycles. The van der Waals surface area contributed by atoms with Gasteiger partial charge in [-0.3, -0.25) is 19.3 Å². The monoisotopic (exact) mass is 501 g/mol. The molecule has 3 aromatic carbocycles. The molecule has 7 rings (SSSR count). The number of hydrogen-bond donors (Lipinski definition) is 2. The molecule has 0 unspecified atom stereocenters. The number of anilines is 2. The molecule has 36 heavy (non-hydrogen) atoms. The Morgan fingerprint density at radius 2 is 1.67 bits per heavy atom. The number of para-hydroxylation sites is 1. The molecule has 2 fully saturated rings. The second-order valence-electron chi connectivity index (χ2n) is 9.89. The molecule has 0 bridgehead atoms. The fourth-order valence-corrected chi connectivity index (χ4v) is 7.61. The first kappa shape index (κ1) is 21.7. The lowest BCUT2D eigenvalue weighted by Gasteiger charge is -2.43. The molecule has 0 aliphatic carbocycles. The van der Waals surface area contributed by atoms with E-state index < -0.39 is 40.5 Å². The van der Waals surface area contributed by atoms with E-state index in [-0.39, 0.29) is 10.8 Å². The van der Waals surface area contributed by atoms with E-state index in [1.54, 1.807) is 48.5 Å². The van der Waals surface area contributed by atoms with Gasteiger partial charge in [-0.05, 0) is 61.3 Å². The van der Waals surface area contributed by atoms with Gasteiger partial charge in [0.05, 0.1) is 10.9 Å². The number of Topliss-reactive ketones (excluding diaryl/α,β-unsaturated/α-hetero) is 1. The number of nitrogens with one attached hydrogen (secondary N) is 2. The van der Waals surface area contributed by atoms with Gasteiger partial charge in [-0.2, -0.15) is 0 Å². The molecule has 2 saturated heterocycles. The average molecular weight is 502 g/mol. The summed E-state index contributed by atoms with van der Waals surface area (Å²) in [4.78, 5) is 45.0. The van der Waals surface area contributed by atoms with Gasteiger partial charge in [0.2, 0.25) is 5.91 Å². The van der Waals surface area contributed by atoms with Gasteiger partial charge in [-0.25, -0.2) is 4.39 Å². The van der Waals surface area contributed by atoms with Crippen LogP contribution in [0.2, 0.25) is 5.02 Å². The summed E-state index contributed by atoms with van der Waals surface area (Å²) in [6, 6.07) is 17.7. The summed E-state index contributed by atoms with van der Waals surface area (Å²) in [7, 11) is 0. The highest BCUT2D eigenvalue weighted by atomic mass is 35.5.